The number of nitrogens with two attached hydrogens (primary N) is 1. The summed E-state index contributed by atoms with van der Waals surface area (Å²) in [4.78, 5) is 44.1. The molecule has 1 amide bonds. The van der Waals surface area contributed by atoms with Gasteiger partial charge in [-0.25, -0.2) is 13.6 Å². The van der Waals surface area contributed by atoms with Crippen LogP contribution in [0.4, 0.5) is 20.2 Å². The fourth-order valence-electron chi connectivity index (χ4n) is 3.30. The molecule has 2 heterocycles. The molecule has 4 aromatic rings. The Balaban J connectivity index is 1.71. The van der Waals surface area contributed by atoms with E-state index in [4.69, 9.17) is 10.5 Å². The Hall–Kier alpha value is -4.34. The van der Waals surface area contributed by atoms with Crippen LogP contribution in [0.2, 0.25) is 0 Å². The predicted octanol–water partition coefficient (Wildman–Crippen LogP) is 3.37. The van der Waals surface area contributed by atoms with Gasteiger partial charge >= 0.3 is 5.97 Å². The molecular weight excluding hydrogens is 422 g/mol. The molecule has 8 nitrogen and oxygen atoms in total. The zero-order valence-corrected chi connectivity index (χ0v) is 16.7. The van der Waals surface area contributed by atoms with E-state index >= 15 is 0 Å². The van der Waals surface area contributed by atoms with E-state index in [1.807, 2.05) is 0 Å². The van der Waals surface area contributed by atoms with Gasteiger partial charge in [-0.1, -0.05) is 0 Å². The van der Waals surface area contributed by atoms with Crippen molar-refractivity contribution in [3.8, 4) is 0 Å². The van der Waals surface area contributed by atoms with Gasteiger partial charge < -0.3 is 20.8 Å². The van der Waals surface area contributed by atoms with Crippen LogP contribution in [-0.2, 0) is 4.74 Å². The van der Waals surface area contributed by atoms with E-state index < -0.39 is 34.3 Å². The van der Waals surface area contributed by atoms with Crippen LogP contribution in [0, 0.1) is 11.6 Å². The average molecular weight is 438 g/mol. The fourth-order valence-corrected chi connectivity index (χ4v) is 3.30. The molecule has 10 heteroatoms. The minimum atomic E-state index is -1.08. The van der Waals surface area contributed by atoms with Crippen molar-refractivity contribution in [2.45, 2.75) is 6.92 Å². The SMILES string of the molecule is CCOC(=O)c1cnc2ccc(NC(=O)c3c[nH]c4cc(F)cc(F)c4c3=O)cc2c1N. The first-order valence-corrected chi connectivity index (χ1v) is 9.47. The third-order valence-electron chi connectivity index (χ3n) is 4.81. The van der Waals surface area contributed by atoms with E-state index in [2.05, 4.69) is 15.3 Å². The molecule has 32 heavy (non-hydrogen) atoms. The lowest BCUT2D eigenvalue weighted by atomic mass is 10.1. The summed E-state index contributed by atoms with van der Waals surface area (Å²) >= 11 is 0. The van der Waals surface area contributed by atoms with Crippen molar-refractivity contribution >= 4 is 45.1 Å². The molecule has 162 valence electrons. The molecule has 0 aliphatic carbocycles. The maximum absolute atomic E-state index is 14.1. The second-order valence-electron chi connectivity index (χ2n) is 6.83. The largest absolute Gasteiger partial charge is 0.462 e. The molecule has 2 aromatic heterocycles. The first-order chi connectivity index (χ1) is 15.3. The zero-order chi connectivity index (χ0) is 23.0. The van der Waals surface area contributed by atoms with Crippen molar-refractivity contribution in [2.75, 3.05) is 17.7 Å². The molecule has 0 saturated heterocycles. The second kappa shape index (κ2) is 8.06. The lowest BCUT2D eigenvalue weighted by Gasteiger charge is -2.10. The summed E-state index contributed by atoms with van der Waals surface area (Å²) in [6.07, 6.45) is 2.38. The Morgan fingerprint density at radius 2 is 1.97 bits per heavy atom. The summed E-state index contributed by atoms with van der Waals surface area (Å²) in [6, 6.07) is 6.12. The van der Waals surface area contributed by atoms with Gasteiger partial charge in [-0.2, -0.15) is 0 Å². The second-order valence-corrected chi connectivity index (χ2v) is 6.83. The number of anilines is 2. The molecule has 2 aromatic carbocycles. The number of fused-ring (bicyclic) bond motifs is 2. The highest BCUT2D eigenvalue weighted by Gasteiger charge is 2.18. The van der Waals surface area contributed by atoms with Crippen molar-refractivity contribution in [2.24, 2.45) is 0 Å². The summed E-state index contributed by atoms with van der Waals surface area (Å²) < 4.78 is 32.4. The van der Waals surface area contributed by atoms with Gasteiger partial charge in [-0.15, -0.1) is 0 Å². The van der Waals surface area contributed by atoms with Crippen LogP contribution in [0.3, 0.4) is 0 Å². The first-order valence-electron chi connectivity index (χ1n) is 9.47. The van der Waals surface area contributed by atoms with Crippen molar-refractivity contribution in [1.82, 2.24) is 9.97 Å². The summed E-state index contributed by atoms with van der Waals surface area (Å²) in [5, 5.41) is 2.50. The van der Waals surface area contributed by atoms with Crippen molar-refractivity contribution in [3.05, 3.63) is 75.7 Å². The van der Waals surface area contributed by atoms with E-state index in [0.29, 0.717) is 17.0 Å². The minimum Gasteiger partial charge on any atom is -0.462 e. The van der Waals surface area contributed by atoms with Gasteiger partial charge in [-0.05, 0) is 31.2 Å². The quantitative estimate of drug-likeness (QED) is 0.419. The number of esters is 1. The van der Waals surface area contributed by atoms with E-state index in [-0.39, 0.29) is 34.6 Å². The Morgan fingerprint density at radius 1 is 1.19 bits per heavy atom. The Morgan fingerprint density at radius 3 is 2.72 bits per heavy atom. The molecular formula is C22H16F2N4O4. The van der Waals surface area contributed by atoms with E-state index in [0.717, 1.165) is 12.3 Å². The van der Waals surface area contributed by atoms with Crippen molar-refractivity contribution in [1.29, 1.82) is 0 Å². The molecule has 0 aliphatic rings. The predicted molar refractivity (Wildman–Crippen MR) is 115 cm³/mol. The standard InChI is InChI=1S/C22H16F2N4O4/c1-2-32-22(31)13-8-26-16-4-3-11(7-12(16)19(13)25)28-21(30)14-9-27-17-6-10(23)5-15(24)18(17)20(14)29/h3-9H,2H2,1H3,(H2,25,26)(H,27,29)(H,28,30). The van der Waals surface area contributed by atoms with Crippen LogP contribution in [-0.4, -0.2) is 28.5 Å². The monoisotopic (exact) mass is 438 g/mol. The number of pyridine rings is 2. The molecule has 4 rings (SSSR count). The van der Waals surface area contributed by atoms with Crippen LogP contribution >= 0.6 is 0 Å². The number of carbonyl (C=O) groups excluding carboxylic acids is 2. The number of hydrogen-bond acceptors (Lipinski definition) is 6. The van der Waals surface area contributed by atoms with Gasteiger partial charge in [0.2, 0.25) is 5.43 Å². The lowest BCUT2D eigenvalue weighted by molar-refractivity contribution is 0.0527. The number of nitrogens with zero attached hydrogens (tertiary/aromatic N) is 1. The Kier molecular flexibility index (Phi) is 5.27. The highest BCUT2D eigenvalue weighted by atomic mass is 19.1. The third kappa shape index (κ3) is 3.62. The number of aromatic amines is 1. The van der Waals surface area contributed by atoms with Crippen molar-refractivity contribution < 1.29 is 23.1 Å². The summed E-state index contributed by atoms with van der Waals surface area (Å²) in [6.45, 7) is 1.83. The maximum atomic E-state index is 14.1. The van der Waals surface area contributed by atoms with Gasteiger partial charge in [0.1, 0.15) is 22.8 Å². The van der Waals surface area contributed by atoms with Gasteiger partial charge in [0.25, 0.3) is 5.91 Å². The summed E-state index contributed by atoms with van der Waals surface area (Å²) in [5.41, 5.74) is 5.71. The lowest BCUT2D eigenvalue weighted by Crippen LogP contribution is -2.22. The smallest absolute Gasteiger partial charge is 0.341 e. The van der Waals surface area contributed by atoms with Gasteiger partial charge in [0, 0.05) is 29.5 Å². The number of benzene rings is 2. The molecule has 0 bridgehead atoms. The highest BCUT2D eigenvalue weighted by Crippen LogP contribution is 2.27. The number of amides is 1. The summed E-state index contributed by atoms with van der Waals surface area (Å²) in [7, 11) is 0. The first kappa shape index (κ1) is 20.9. The number of nitrogen functional groups attached to an aromatic ring is 1. The Bertz CT molecular complexity index is 1470. The number of carbonyl (C=O) groups is 2. The minimum absolute atomic E-state index is 0.0694. The number of ether oxygens (including phenoxy) is 1. The molecule has 0 radical (unpaired) electrons. The van der Waals surface area contributed by atoms with Crippen LogP contribution < -0.4 is 16.5 Å². The molecule has 0 aliphatic heterocycles. The number of rotatable bonds is 4. The average Bonchev–Trinajstić information content (AvgIpc) is 2.74. The van der Waals surface area contributed by atoms with Gasteiger partial charge in [-0.3, -0.25) is 14.6 Å². The van der Waals surface area contributed by atoms with Crippen LogP contribution in [0.5, 0.6) is 0 Å². The van der Waals surface area contributed by atoms with Crippen LogP contribution in [0.1, 0.15) is 27.6 Å². The topological polar surface area (TPSA) is 127 Å². The van der Waals surface area contributed by atoms with Gasteiger partial charge in [0.05, 0.1) is 28.7 Å². The molecule has 4 N–H and O–H groups in total. The maximum Gasteiger partial charge on any atom is 0.341 e. The number of aromatic nitrogens is 2. The normalized spacial score (nSPS) is 11.0. The van der Waals surface area contributed by atoms with E-state index in [1.165, 1.54) is 18.3 Å². The number of hydrogen-bond donors (Lipinski definition) is 3. The molecule has 0 saturated carbocycles. The van der Waals surface area contributed by atoms with Crippen LogP contribution in [0.25, 0.3) is 21.8 Å². The van der Waals surface area contributed by atoms with E-state index in [1.54, 1.807) is 13.0 Å². The number of nitrogens with one attached hydrogen (secondary N) is 2. The number of halogens is 2. The third-order valence-corrected chi connectivity index (χ3v) is 4.81. The molecule has 0 spiro atoms. The fraction of sp³-hybridized carbons (Fsp3) is 0.0909. The highest BCUT2D eigenvalue weighted by molar-refractivity contribution is 6.08. The van der Waals surface area contributed by atoms with Gasteiger partial charge in [0.15, 0.2) is 0 Å². The van der Waals surface area contributed by atoms with Crippen LogP contribution in [0.15, 0.2) is 47.5 Å². The Labute approximate surface area is 179 Å². The molecule has 0 unspecified atom stereocenters. The number of H-pyrrole nitrogens is 1. The zero-order valence-electron chi connectivity index (χ0n) is 16.7. The molecule has 0 atom stereocenters. The van der Waals surface area contributed by atoms with E-state index in [9.17, 15) is 23.2 Å². The van der Waals surface area contributed by atoms with Crippen molar-refractivity contribution in [3.63, 3.8) is 0 Å². The molecule has 0 fully saturated rings. The summed E-state index contributed by atoms with van der Waals surface area (Å²) in [5.74, 6) is -3.38.